The van der Waals surface area contributed by atoms with Gasteiger partial charge in [0.2, 0.25) is 41.4 Å². The molecule has 7 aromatic rings. The molecule has 24 nitrogen and oxygen atoms in total. The molecule has 9 amide bonds. The normalized spacial score (nSPS) is 20.0. The van der Waals surface area contributed by atoms with Crippen LogP contribution in [0.4, 0.5) is 8.78 Å². The Kier molecular flexibility index (Phi) is 22.4. The lowest BCUT2D eigenvalue weighted by atomic mass is 9.98. The van der Waals surface area contributed by atoms with Crippen molar-refractivity contribution < 1.29 is 71.4 Å². The highest BCUT2D eigenvalue weighted by molar-refractivity contribution is 7.52. The van der Waals surface area contributed by atoms with Crippen molar-refractivity contribution in [1.82, 2.24) is 50.8 Å². The molecule has 8 atom stereocenters. The Morgan fingerprint density at radius 2 is 1.47 bits per heavy atom. The van der Waals surface area contributed by atoms with Gasteiger partial charge in [0.25, 0.3) is 11.8 Å². The van der Waals surface area contributed by atoms with E-state index in [1.807, 2.05) is 98.8 Å². The lowest BCUT2D eigenvalue weighted by Gasteiger charge is -2.39. The van der Waals surface area contributed by atoms with E-state index < -0.39 is 133 Å². The van der Waals surface area contributed by atoms with Crippen LogP contribution < -0.4 is 27.0 Å². The second-order valence-electron chi connectivity index (χ2n) is 26.0. The van der Waals surface area contributed by atoms with Gasteiger partial charge < -0.3 is 66.5 Å². The molecule has 4 aliphatic rings. The average Bonchev–Trinajstić information content (AvgIpc) is 1.74. The SMILES string of the molecule is Cc1ncsc1-c1ccc([C@H](C)NC(=O)[C@@H]2C[C@@H](O)CN2C(=O)[C@@H]2CCCCN2C(=O)c2ccc(C#CCCC(=O)N3CC[C@H]4CC[C@@H](C(=O)N[C@@H](CCC(N)=O)C(=O)NC(c5ccccc5)c5ccccc5)N4C(=O)[C@@H](NC(=O)c4cc5cc(C(F)(F)P(=O)(O)O)ccc5[nH]4)C3)cc2)cc1. The number of nitrogens with zero attached hydrogens (tertiary/aromatic N) is 5. The van der Waals surface area contributed by atoms with Gasteiger partial charge in [-0.1, -0.05) is 103 Å². The zero-order chi connectivity index (χ0) is 71.9. The molecule has 0 radical (unpaired) electrons. The van der Waals surface area contributed by atoms with Gasteiger partial charge >= 0.3 is 13.3 Å². The largest absolute Gasteiger partial charge is 0.399 e. The summed E-state index contributed by atoms with van der Waals surface area (Å²) in [5, 5.41) is 22.3. The van der Waals surface area contributed by atoms with Crippen LogP contribution in [-0.2, 0) is 43.8 Å². The number of halogens is 2. The summed E-state index contributed by atoms with van der Waals surface area (Å²) in [6.45, 7) is 3.66. The third-order valence-corrected chi connectivity index (χ3v) is 21.1. The fraction of sp³-hybridized carbons (Fsp3) is 0.370. The molecule has 101 heavy (non-hydrogen) atoms. The number of H-pyrrole nitrogens is 1. The maximum atomic E-state index is 15.2. The van der Waals surface area contributed by atoms with Crippen molar-refractivity contribution in [2.45, 2.75) is 145 Å². The van der Waals surface area contributed by atoms with Gasteiger partial charge in [-0.25, -0.2) is 4.98 Å². The number of rotatable bonds is 21. The first-order valence-corrected chi connectivity index (χ1v) is 36.0. The number of hydrogen-bond acceptors (Lipinski definition) is 13. The van der Waals surface area contributed by atoms with E-state index in [0.717, 1.165) is 57.1 Å². The van der Waals surface area contributed by atoms with Crippen LogP contribution in [0.2, 0.25) is 0 Å². The summed E-state index contributed by atoms with van der Waals surface area (Å²) in [7, 11) is -5.97. The molecule has 4 fully saturated rings. The molecule has 528 valence electrons. The minimum Gasteiger partial charge on any atom is -0.391 e. The lowest BCUT2D eigenvalue weighted by Crippen LogP contribution is -2.62. The first-order chi connectivity index (χ1) is 48.3. The van der Waals surface area contributed by atoms with Crippen molar-refractivity contribution in [3.05, 3.63) is 184 Å². The molecule has 2 aromatic heterocycles. The lowest BCUT2D eigenvalue weighted by molar-refractivity contribution is -0.145. The smallest absolute Gasteiger partial charge is 0.391 e. The van der Waals surface area contributed by atoms with Crippen LogP contribution in [0.3, 0.4) is 0 Å². The van der Waals surface area contributed by atoms with Gasteiger partial charge in [0, 0.05) is 85.5 Å². The van der Waals surface area contributed by atoms with Crippen molar-refractivity contribution in [3.63, 3.8) is 0 Å². The number of aliphatic hydroxyl groups excluding tert-OH is 1. The van der Waals surface area contributed by atoms with Crippen LogP contribution in [0, 0.1) is 18.8 Å². The number of amides is 9. The number of hydrogen-bond donors (Lipinski definition) is 9. The fourth-order valence-electron chi connectivity index (χ4n) is 13.7. The van der Waals surface area contributed by atoms with Crippen LogP contribution >= 0.6 is 18.9 Å². The van der Waals surface area contributed by atoms with Crippen molar-refractivity contribution >= 4 is 83.0 Å². The molecule has 6 heterocycles. The number of nitrogens with two attached hydrogens (primary N) is 1. The molecule has 5 aromatic carbocycles. The molecule has 0 spiro atoms. The maximum Gasteiger partial charge on any atom is 0.399 e. The van der Waals surface area contributed by atoms with E-state index >= 15 is 4.79 Å². The van der Waals surface area contributed by atoms with Gasteiger partial charge in [-0.3, -0.25) is 47.7 Å². The second-order valence-corrected chi connectivity index (χ2v) is 28.5. The minimum absolute atomic E-state index is 0.0255. The first kappa shape index (κ1) is 72.3. The summed E-state index contributed by atoms with van der Waals surface area (Å²) in [6.07, 6.45) is 0.741. The number of aryl methyl sites for hydroxylation is 1. The minimum atomic E-state index is -5.97. The zero-order valence-electron chi connectivity index (χ0n) is 55.4. The van der Waals surface area contributed by atoms with Crippen molar-refractivity contribution in [3.8, 4) is 22.3 Å². The van der Waals surface area contributed by atoms with Crippen molar-refractivity contribution in [1.29, 1.82) is 0 Å². The van der Waals surface area contributed by atoms with E-state index in [0.29, 0.717) is 31.4 Å². The van der Waals surface area contributed by atoms with Crippen LogP contribution in [0.5, 0.6) is 0 Å². The van der Waals surface area contributed by atoms with Gasteiger partial charge in [-0.2, -0.15) is 8.78 Å². The van der Waals surface area contributed by atoms with Gasteiger partial charge in [-0.15, -0.1) is 11.3 Å². The number of carbonyl (C=O) groups excluding carboxylic acids is 9. The number of likely N-dealkylation sites (tertiary alicyclic amines) is 2. The maximum absolute atomic E-state index is 15.2. The number of carbonyl (C=O) groups is 9. The molecular formula is C73H78F2N11O13PS. The van der Waals surface area contributed by atoms with Crippen LogP contribution in [0.25, 0.3) is 21.3 Å². The van der Waals surface area contributed by atoms with E-state index in [-0.39, 0.29) is 86.6 Å². The Labute approximate surface area is 585 Å². The standard InChI is InChI=1S/C73H78F2N11O13PS/c1-43(46-24-26-49(27-25-46)65-44(2)77-42-101-65)78-69(93)61-39-54(87)40-85(61)72(96)60-18-11-12-35-84(60)70(94)50-22-20-45(21-23-50)13-9-10-19-63(89)83-36-34-53-29-32-59(68(92)80-56(31-33-62(76)88)66(90)82-64(47-14-5-3-6-15-47)48-16-7-4-8-17-48)86(53)71(95)58(41-83)81-67(91)57-38-51-37-52(28-30-55(51)79-57)73(74,75)100(97,98)99/h3-8,14-17,20-28,30,37-38,42-43,53-54,56,58-61,64,79,87H,10-12,18-19,29,31-36,39-41H2,1-2H3,(H2,76,88)(H,78,93)(H,80,92)(H,81,91)(H,82,90)(H2,97,98,99)/t43-,53+,54+,56-,58-,59-,60-,61-/m0/s1. The number of thiazole rings is 1. The quantitative estimate of drug-likeness (QED) is 0.0263. The number of β-amino-alcohol motifs (C(OH)–C–C–N with tert-alkyl or cyclic N) is 1. The third kappa shape index (κ3) is 16.6. The molecule has 0 saturated carbocycles. The molecule has 0 aliphatic carbocycles. The number of aliphatic hydroxyl groups is 1. The zero-order valence-corrected chi connectivity index (χ0v) is 57.1. The molecule has 0 unspecified atom stereocenters. The fourth-order valence-corrected chi connectivity index (χ4v) is 15.0. The Hall–Kier alpha value is -9.97. The number of fused-ring (bicyclic) bond motifs is 2. The molecule has 4 saturated heterocycles. The molecule has 4 aliphatic heterocycles. The van der Waals surface area contributed by atoms with Crippen molar-refractivity contribution in [2.24, 2.45) is 5.73 Å². The predicted molar refractivity (Wildman–Crippen MR) is 370 cm³/mol. The van der Waals surface area contributed by atoms with Crippen LogP contribution in [0.15, 0.2) is 139 Å². The average molecular weight is 1420 g/mol. The van der Waals surface area contributed by atoms with Crippen LogP contribution in [0.1, 0.15) is 144 Å². The third-order valence-electron chi connectivity index (χ3n) is 19.1. The molecular weight excluding hydrogens is 1340 g/mol. The summed E-state index contributed by atoms with van der Waals surface area (Å²) in [6, 6.07) is 28.7. The predicted octanol–water partition coefficient (Wildman–Crippen LogP) is 6.84. The Morgan fingerprint density at radius 3 is 2.13 bits per heavy atom. The summed E-state index contributed by atoms with van der Waals surface area (Å²) in [4.78, 5) is 160. The summed E-state index contributed by atoms with van der Waals surface area (Å²) < 4.78 is 41.4. The molecule has 0 bridgehead atoms. The Bertz CT molecular complexity index is 4330. The highest BCUT2D eigenvalue weighted by Crippen LogP contribution is 2.59. The van der Waals surface area contributed by atoms with E-state index in [9.17, 15) is 66.6 Å². The number of piperidine rings is 1. The molecule has 11 rings (SSSR count). The number of aromatic amines is 1. The van der Waals surface area contributed by atoms with E-state index in [1.165, 1.54) is 19.6 Å². The monoisotopic (exact) mass is 1420 g/mol. The van der Waals surface area contributed by atoms with Crippen LogP contribution in [-0.4, -0.2) is 166 Å². The molecule has 10 N–H and O–H groups in total. The number of primary amides is 1. The van der Waals surface area contributed by atoms with E-state index in [1.54, 1.807) is 41.1 Å². The first-order valence-electron chi connectivity index (χ1n) is 33.5. The number of benzene rings is 5. The molecule has 28 heteroatoms. The van der Waals surface area contributed by atoms with Gasteiger partial charge in [0.05, 0.1) is 34.3 Å². The highest BCUT2D eigenvalue weighted by atomic mass is 32.1. The van der Waals surface area contributed by atoms with E-state index in [4.69, 9.17) is 5.73 Å². The van der Waals surface area contributed by atoms with E-state index in [2.05, 4.69) is 43.1 Å². The van der Waals surface area contributed by atoms with Gasteiger partial charge in [0.1, 0.15) is 35.9 Å². The summed E-state index contributed by atoms with van der Waals surface area (Å²) in [5.74, 6) is 0.560. The summed E-state index contributed by atoms with van der Waals surface area (Å²) in [5.41, 5.74) is 6.70. The second kappa shape index (κ2) is 31.3. The Balaban J connectivity index is 0.755. The van der Waals surface area contributed by atoms with Gasteiger partial charge in [0.15, 0.2) is 0 Å². The Morgan fingerprint density at radius 1 is 0.772 bits per heavy atom. The number of alkyl halides is 2. The summed E-state index contributed by atoms with van der Waals surface area (Å²) >= 11 is 1.54. The topological polar surface area (TPSA) is 347 Å². The van der Waals surface area contributed by atoms with Crippen molar-refractivity contribution in [2.75, 3.05) is 26.2 Å². The number of aromatic nitrogens is 2. The number of nitrogens with one attached hydrogen (secondary N) is 5. The van der Waals surface area contributed by atoms with Gasteiger partial charge in [-0.05, 0) is 124 Å². The highest BCUT2D eigenvalue weighted by Gasteiger charge is 2.51.